The molecule has 3 aromatic heterocycles. The van der Waals surface area contributed by atoms with E-state index < -0.39 is 22.0 Å². The number of hydrogen-bond donors (Lipinski definition) is 3. The molecule has 0 aliphatic rings. The summed E-state index contributed by atoms with van der Waals surface area (Å²) in [5.74, 6) is -2.25. The van der Waals surface area contributed by atoms with Crippen molar-refractivity contribution < 1.29 is 28.2 Å². The van der Waals surface area contributed by atoms with E-state index in [-0.39, 0.29) is 28.4 Å². The van der Waals surface area contributed by atoms with Crippen LogP contribution in [0.15, 0.2) is 96.8 Å². The summed E-state index contributed by atoms with van der Waals surface area (Å²) in [6.07, 6.45) is 9.30. The second-order valence-electron chi connectivity index (χ2n) is 7.83. The van der Waals surface area contributed by atoms with Crippen molar-refractivity contribution in [1.82, 2.24) is 18.9 Å². The molecule has 11 nitrogen and oxygen atoms in total. The number of aromatic carboxylic acids is 2. The third-order valence-corrected chi connectivity index (χ3v) is 7.14. The molecule has 0 amide bonds. The van der Waals surface area contributed by atoms with E-state index in [1.165, 1.54) is 40.8 Å². The van der Waals surface area contributed by atoms with Gasteiger partial charge in [0, 0.05) is 49.0 Å². The van der Waals surface area contributed by atoms with E-state index in [2.05, 4.69) is 20.3 Å². The van der Waals surface area contributed by atoms with E-state index in [9.17, 15) is 18.0 Å². The molecule has 3 N–H and O–H groups in total. The fourth-order valence-electron chi connectivity index (χ4n) is 3.62. The van der Waals surface area contributed by atoms with E-state index in [4.69, 9.17) is 10.2 Å². The van der Waals surface area contributed by atoms with Crippen LogP contribution < -0.4 is 5.32 Å². The molecule has 39 heavy (non-hydrogen) atoms. The molecule has 200 valence electrons. The highest BCUT2D eigenvalue weighted by molar-refractivity contribution is 7.90. The monoisotopic (exact) mass is 567 g/mol. The molecular formula is C26H22ClN5O6S. The van der Waals surface area contributed by atoms with Crippen molar-refractivity contribution in [2.24, 2.45) is 0 Å². The molecule has 0 fully saturated rings. The number of carbonyl (C=O) groups is 2. The number of carboxylic acids is 2. The SMILES string of the molecule is CNc1cn(S(=O)(=O)c2cccnc2)c2cc(-c3cncnc3)ccc12.Cl.O=C(O)c1cccc(C(=O)O)c1. The predicted octanol–water partition coefficient (Wildman–Crippen LogP) is 4.28. The number of anilines is 1. The molecule has 0 atom stereocenters. The molecule has 0 spiro atoms. The molecule has 0 bridgehead atoms. The summed E-state index contributed by atoms with van der Waals surface area (Å²) >= 11 is 0. The molecule has 3 heterocycles. The van der Waals surface area contributed by atoms with Gasteiger partial charge in [0.05, 0.1) is 22.3 Å². The van der Waals surface area contributed by atoms with Gasteiger partial charge < -0.3 is 15.5 Å². The fraction of sp³-hybridized carbons (Fsp3) is 0.0385. The van der Waals surface area contributed by atoms with Crippen LogP contribution in [0.5, 0.6) is 0 Å². The topological polar surface area (TPSA) is 164 Å². The van der Waals surface area contributed by atoms with Gasteiger partial charge in [-0.15, -0.1) is 12.4 Å². The summed E-state index contributed by atoms with van der Waals surface area (Å²) in [5.41, 5.74) is 2.90. The average molecular weight is 568 g/mol. The average Bonchev–Trinajstić information content (AvgIpc) is 3.33. The first-order valence-electron chi connectivity index (χ1n) is 11.0. The van der Waals surface area contributed by atoms with Crippen LogP contribution in [0.1, 0.15) is 20.7 Å². The Balaban J connectivity index is 0.000000274. The van der Waals surface area contributed by atoms with Gasteiger partial charge in [-0.25, -0.2) is 31.9 Å². The van der Waals surface area contributed by atoms with Gasteiger partial charge in [-0.05, 0) is 42.0 Å². The second kappa shape index (κ2) is 12.2. The lowest BCUT2D eigenvalue weighted by molar-refractivity contribution is 0.0696. The summed E-state index contributed by atoms with van der Waals surface area (Å²) < 4.78 is 27.5. The molecule has 0 saturated carbocycles. The molecule has 5 aromatic rings. The zero-order valence-corrected chi connectivity index (χ0v) is 21.9. The minimum Gasteiger partial charge on any atom is -0.478 e. The van der Waals surface area contributed by atoms with Crippen molar-refractivity contribution in [3.05, 3.63) is 103 Å². The van der Waals surface area contributed by atoms with Crippen molar-refractivity contribution in [1.29, 1.82) is 0 Å². The highest BCUT2D eigenvalue weighted by Crippen LogP contribution is 2.32. The summed E-state index contributed by atoms with van der Waals surface area (Å²) in [7, 11) is -2.01. The third-order valence-electron chi connectivity index (χ3n) is 5.48. The first kappa shape index (κ1) is 28.8. The normalized spacial score (nSPS) is 10.6. The lowest BCUT2D eigenvalue weighted by atomic mass is 10.1. The van der Waals surface area contributed by atoms with Gasteiger partial charge in [-0.1, -0.05) is 18.2 Å². The van der Waals surface area contributed by atoms with Gasteiger partial charge in [0.1, 0.15) is 11.2 Å². The van der Waals surface area contributed by atoms with Gasteiger partial charge in [-0.2, -0.15) is 0 Å². The maximum absolute atomic E-state index is 13.1. The molecule has 5 rings (SSSR count). The standard InChI is InChI=1S/C18H15N5O2S.C8H6O4.ClH/c1-19-17-11-23(26(24,25)15-3-2-6-20-10-15)18-7-13(4-5-16(17)18)14-8-21-12-22-9-14;9-7(10)5-2-1-3-6(4-5)8(11)12;/h2-12,19H,1H3;1-4H,(H,9,10)(H,11,12);1H. The largest absolute Gasteiger partial charge is 0.478 e. The summed E-state index contributed by atoms with van der Waals surface area (Å²) in [6.45, 7) is 0. The molecule has 2 aromatic carbocycles. The quantitative estimate of drug-likeness (QED) is 0.270. The number of aromatic nitrogens is 4. The van der Waals surface area contributed by atoms with Crippen LogP contribution in [-0.2, 0) is 10.0 Å². The van der Waals surface area contributed by atoms with E-state index in [0.717, 1.165) is 28.3 Å². The van der Waals surface area contributed by atoms with E-state index in [0.29, 0.717) is 5.52 Å². The van der Waals surface area contributed by atoms with Gasteiger partial charge >= 0.3 is 11.9 Å². The number of fused-ring (bicyclic) bond motifs is 1. The molecule has 0 radical (unpaired) electrons. The molecule has 13 heteroatoms. The fourth-order valence-corrected chi connectivity index (χ4v) is 4.95. The second-order valence-corrected chi connectivity index (χ2v) is 9.65. The number of nitrogens with one attached hydrogen (secondary N) is 1. The Kier molecular flexibility index (Phi) is 8.96. The van der Waals surface area contributed by atoms with Crippen LogP contribution in [-0.4, -0.2) is 56.5 Å². The Bertz CT molecular complexity index is 1700. The maximum Gasteiger partial charge on any atom is 0.335 e. The number of benzene rings is 2. The van der Waals surface area contributed by atoms with E-state index in [1.54, 1.807) is 37.9 Å². The van der Waals surface area contributed by atoms with Gasteiger partial charge in [0.2, 0.25) is 0 Å². The Hall–Kier alpha value is -4.81. The molecule has 0 aliphatic carbocycles. The Labute approximate surface area is 229 Å². The number of carboxylic acid groups (broad SMARTS) is 2. The highest BCUT2D eigenvalue weighted by Gasteiger charge is 2.21. The van der Waals surface area contributed by atoms with Crippen LogP contribution in [0.3, 0.4) is 0 Å². The number of nitrogens with zero attached hydrogens (tertiary/aromatic N) is 4. The number of halogens is 1. The third kappa shape index (κ3) is 6.20. The van der Waals surface area contributed by atoms with Crippen molar-refractivity contribution in [2.45, 2.75) is 4.90 Å². The first-order chi connectivity index (χ1) is 18.2. The number of rotatable bonds is 6. The van der Waals surface area contributed by atoms with Gasteiger partial charge in [0.25, 0.3) is 10.0 Å². The molecule has 0 saturated heterocycles. The smallest absolute Gasteiger partial charge is 0.335 e. The molecular weight excluding hydrogens is 546 g/mol. The minimum atomic E-state index is -3.77. The van der Waals surface area contributed by atoms with Gasteiger partial charge in [-0.3, -0.25) is 4.98 Å². The molecule has 0 aliphatic heterocycles. The van der Waals surface area contributed by atoms with Crippen LogP contribution >= 0.6 is 12.4 Å². The summed E-state index contributed by atoms with van der Waals surface area (Å²) in [4.78, 5) is 32.9. The lowest BCUT2D eigenvalue weighted by Crippen LogP contribution is -2.12. The number of pyridine rings is 1. The zero-order chi connectivity index (χ0) is 27.3. The van der Waals surface area contributed by atoms with E-state index in [1.807, 2.05) is 18.2 Å². The predicted molar refractivity (Wildman–Crippen MR) is 147 cm³/mol. The summed E-state index contributed by atoms with van der Waals surface area (Å²) in [6, 6.07) is 14.0. The Morgan fingerprint density at radius 1 is 0.846 bits per heavy atom. The lowest BCUT2D eigenvalue weighted by Gasteiger charge is -2.08. The van der Waals surface area contributed by atoms with Gasteiger partial charge in [0.15, 0.2) is 0 Å². The van der Waals surface area contributed by atoms with Crippen molar-refractivity contribution >= 4 is 51.0 Å². The van der Waals surface area contributed by atoms with Crippen LogP contribution in [0.25, 0.3) is 22.0 Å². The Morgan fingerprint density at radius 3 is 2.08 bits per heavy atom. The minimum absolute atomic E-state index is 0. The zero-order valence-electron chi connectivity index (χ0n) is 20.3. The van der Waals surface area contributed by atoms with Crippen molar-refractivity contribution in [3.8, 4) is 11.1 Å². The van der Waals surface area contributed by atoms with Crippen molar-refractivity contribution in [3.63, 3.8) is 0 Å². The highest BCUT2D eigenvalue weighted by atomic mass is 35.5. The van der Waals surface area contributed by atoms with E-state index >= 15 is 0 Å². The summed E-state index contributed by atoms with van der Waals surface area (Å²) in [5, 5.41) is 20.8. The number of hydrogen-bond acceptors (Lipinski definition) is 8. The Morgan fingerprint density at radius 2 is 1.51 bits per heavy atom. The molecule has 0 unspecified atom stereocenters. The first-order valence-corrected chi connectivity index (χ1v) is 12.5. The van der Waals surface area contributed by atoms with Crippen LogP contribution in [0.4, 0.5) is 5.69 Å². The van der Waals surface area contributed by atoms with Crippen molar-refractivity contribution in [2.75, 3.05) is 12.4 Å². The van der Waals surface area contributed by atoms with Crippen LogP contribution in [0, 0.1) is 0 Å². The van der Waals surface area contributed by atoms with Crippen LogP contribution in [0.2, 0.25) is 0 Å². The maximum atomic E-state index is 13.1.